The highest BCUT2D eigenvalue weighted by Crippen LogP contribution is 2.22. The van der Waals surface area contributed by atoms with Gasteiger partial charge in [0, 0.05) is 23.2 Å². The maximum atomic E-state index is 4.56. The Morgan fingerprint density at radius 2 is 1.95 bits per heavy atom. The average molecular weight is 301 g/mol. The SMILES string of the molecule is CC(C)(C)c1nnnn1Cc1csc(-c2ncccn2)n1. The molecule has 108 valence electrons. The van der Waals surface area contributed by atoms with E-state index in [0.29, 0.717) is 12.4 Å². The highest BCUT2D eigenvalue weighted by Gasteiger charge is 2.22. The number of aromatic nitrogens is 7. The van der Waals surface area contributed by atoms with Crippen LogP contribution in [0.1, 0.15) is 32.3 Å². The zero-order valence-corrected chi connectivity index (χ0v) is 12.9. The Morgan fingerprint density at radius 1 is 1.19 bits per heavy atom. The minimum Gasteiger partial charge on any atom is -0.236 e. The van der Waals surface area contributed by atoms with Crippen molar-refractivity contribution >= 4 is 11.3 Å². The van der Waals surface area contributed by atoms with E-state index in [9.17, 15) is 0 Å². The van der Waals surface area contributed by atoms with Gasteiger partial charge in [-0.2, -0.15) is 0 Å². The van der Waals surface area contributed by atoms with Gasteiger partial charge in [-0.05, 0) is 16.5 Å². The van der Waals surface area contributed by atoms with Crippen molar-refractivity contribution in [3.8, 4) is 10.8 Å². The molecule has 3 heterocycles. The maximum absolute atomic E-state index is 4.56. The van der Waals surface area contributed by atoms with Crippen LogP contribution >= 0.6 is 11.3 Å². The predicted octanol–water partition coefficient (Wildman–Crippen LogP) is 1.93. The summed E-state index contributed by atoms with van der Waals surface area (Å²) >= 11 is 1.52. The molecule has 3 aromatic heterocycles. The zero-order valence-electron chi connectivity index (χ0n) is 12.1. The van der Waals surface area contributed by atoms with Crippen LogP contribution in [0.4, 0.5) is 0 Å². The lowest BCUT2D eigenvalue weighted by molar-refractivity contribution is 0.488. The molecule has 0 fully saturated rings. The summed E-state index contributed by atoms with van der Waals surface area (Å²) in [6.45, 7) is 6.79. The van der Waals surface area contributed by atoms with Crippen LogP contribution in [0.25, 0.3) is 10.8 Å². The molecular weight excluding hydrogens is 286 g/mol. The topological polar surface area (TPSA) is 82.3 Å². The predicted molar refractivity (Wildman–Crippen MR) is 78.8 cm³/mol. The van der Waals surface area contributed by atoms with Gasteiger partial charge >= 0.3 is 0 Å². The van der Waals surface area contributed by atoms with Crippen molar-refractivity contribution in [2.45, 2.75) is 32.7 Å². The van der Waals surface area contributed by atoms with Crippen molar-refractivity contribution in [3.63, 3.8) is 0 Å². The summed E-state index contributed by atoms with van der Waals surface area (Å²) in [4.78, 5) is 13.0. The minimum absolute atomic E-state index is 0.106. The Balaban J connectivity index is 1.84. The second kappa shape index (κ2) is 5.28. The van der Waals surface area contributed by atoms with E-state index in [0.717, 1.165) is 16.5 Å². The Hall–Kier alpha value is -2.22. The summed E-state index contributed by atoms with van der Waals surface area (Å²) in [5, 5.41) is 14.7. The number of rotatable bonds is 3. The van der Waals surface area contributed by atoms with Crippen molar-refractivity contribution in [3.05, 3.63) is 35.4 Å². The Morgan fingerprint density at radius 3 is 2.67 bits per heavy atom. The lowest BCUT2D eigenvalue weighted by Gasteiger charge is -2.16. The van der Waals surface area contributed by atoms with Gasteiger partial charge in [-0.15, -0.1) is 16.4 Å². The van der Waals surface area contributed by atoms with Crippen molar-refractivity contribution in [2.75, 3.05) is 0 Å². The summed E-state index contributed by atoms with van der Waals surface area (Å²) < 4.78 is 1.78. The van der Waals surface area contributed by atoms with Crippen molar-refractivity contribution in [1.82, 2.24) is 35.2 Å². The summed E-state index contributed by atoms with van der Waals surface area (Å²) in [6.07, 6.45) is 3.42. The lowest BCUT2D eigenvalue weighted by Crippen LogP contribution is -2.20. The molecular formula is C13H15N7S. The number of hydrogen-bond donors (Lipinski definition) is 0. The number of nitrogens with zero attached hydrogens (tertiary/aromatic N) is 7. The third-order valence-corrected chi connectivity index (χ3v) is 3.71. The molecule has 0 unspecified atom stereocenters. The van der Waals surface area contributed by atoms with Crippen molar-refractivity contribution in [1.29, 1.82) is 0 Å². The average Bonchev–Trinajstić information content (AvgIpc) is 3.09. The van der Waals surface area contributed by atoms with Crippen molar-refractivity contribution < 1.29 is 0 Å². The lowest BCUT2D eigenvalue weighted by atomic mass is 9.96. The number of hydrogen-bond acceptors (Lipinski definition) is 7. The van der Waals surface area contributed by atoms with E-state index < -0.39 is 0 Å². The van der Waals surface area contributed by atoms with E-state index in [1.54, 1.807) is 23.1 Å². The fourth-order valence-electron chi connectivity index (χ4n) is 1.89. The molecule has 0 N–H and O–H groups in total. The Kier molecular flexibility index (Phi) is 3.46. The minimum atomic E-state index is -0.106. The van der Waals surface area contributed by atoms with Crippen LogP contribution in [0.2, 0.25) is 0 Å². The first kappa shape index (κ1) is 13.7. The van der Waals surface area contributed by atoms with E-state index in [1.165, 1.54) is 11.3 Å². The second-order valence-electron chi connectivity index (χ2n) is 5.63. The smallest absolute Gasteiger partial charge is 0.188 e. The first-order valence-electron chi connectivity index (χ1n) is 6.52. The van der Waals surface area contributed by atoms with Gasteiger partial charge in [0.15, 0.2) is 16.7 Å². The molecule has 0 radical (unpaired) electrons. The highest BCUT2D eigenvalue weighted by molar-refractivity contribution is 7.13. The molecule has 21 heavy (non-hydrogen) atoms. The van der Waals surface area contributed by atoms with Gasteiger partial charge in [0.1, 0.15) is 0 Å². The second-order valence-corrected chi connectivity index (χ2v) is 6.48. The van der Waals surface area contributed by atoms with Gasteiger partial charge in [0.05, 0.1) is 12.2 Å². The molecule has 0 bridgehead atoms. The largest absolute Gasteiger partial charge is 0.236 e. The van der Waals surface area contributed by atoms with Crippen LogP contribution in [0.15, 0.2) is 23.8 Å². The molecule has 3 rings (SSSR count). The van der Waals surface area contributed by atoms with Crippen LogP contribution in [0.5, 0.6) is 0 Å². The fourth-order valence-corrected chi connectivity index (χ4v) is 2.65. The van der Waals surface area contributed by atoms with E-state index in [1.807, 2.05) is 5.38 Å². The normalized spacial score (nSPS) is 11.8. The molecule has 0 aliphatic rings. The molecule has 0 saturated carbocycles. The first-order valence-corrected chi connectivity index (χ1v) is 7.40. The summed E-state index contributed by atoms with van der Waals surface area (Å²) in [5.41, 5.74) is 0.797. The van der Waals surface area contributed by atoms with Crippen LogP contribution < -0.4 is 0 Å². The standard InChI is InChI=1S/C13H15N7S/c1-13(2,3)12-17-18-19-20(12)7-9-8-21-11(16-9)10-14-5-4-6-15-10/h4-6,8H,7H2,1-3H3. The summed E-state index contributed by atoms with van der Waals surface area (Å²) in [6, 6.07) is 1.79. The summed E-state index contributed by atoms with van der Waals surface area (Å²) in [7, 11) is 0. The van der Waals surface area contributed by atoms with Gasteiger partial charge < -0.3 is 0 Å². The van der Waals surface area contributed by atoms with Gasteiger partial charge in [-0.1, -0.05) is 20.8 Å². The van der Waals surface area contributed by atoms with Gasteiger partial charge in [0.2, 0.25) is 0 Å². The van der Waals surface area contributed by atoms with Crippen LogP contribution in [0, 0.1) is 0 Å². The zero-order chi connectivity index (χ0) is 14.9. The van der Waals surface area contributed by atoms with Crippen molar-refractivity contribution in [2.24, 2.45) is 0 Å². The monoisotopic (exact) mass is 301 g/mol. The van der Waals surface area contributed by atoms with Crippen LogP contribution in [-0.4, -0.2) is 35.2 Å². The maximum Gasteiger partial charge on any atom is 0.188 e. The third-order valence-electron chi connectivity index (χ3n) is 2.82. The van der Waals surface area contributed by atoms with E-state index in [4.69, 9.17) is 0 Å². The van der Waals surface area contributed by atoms with Crippen LogP contribution in [0.3, 0.4) is 0 Å². The molecule has 0 saturated heterocycles. The molecule has 0 aromatic carbocycles. The molecule has 0 atom stereocenters. The van der Waals surface area contributed by atoms with E-state index in [-0.39, 0.29) is 5.41 Å². The highest BCUT2D eigenvalue weighted by atomic mass is 32.1. The Bertz CT molecular complexity index is 726. The fraction of sp³-hybridized carbons (Fsp3) is 0.385. The van der Waals surface area contributed by atoms with Gasteiger partial charge in [-0.3, -0.25) is 0 Å². The van der Waals surface area contributed by atoms with E-state index in [2.05, 4.69) is 51.2 Å². The molecule has 8 heteroatoms. The summed E-state index contributed by atoms with van der Waals surface area (Å²) in [5.74, 6) is 1.48. The number of thiazole rings is 1. The van der Waals surface area contributed by atoms with E-state index >= 15 is 0 Å². The molecule has 0 aliphatic carbocycles. The van der Waals surface area contributed by atoms with Crippen LogP contribution in [-0.2, 0) is 12.0 Å². The molecule has 0 spiro atoms. The van der Waals surface area contributed by atoms with Gasteiger partial charge in [0.25, 0.3) is 0 Å². The molecule has 0 aliphatic heterocycles. The molecule has 0 amide bonds. The third kappa shape index (κ3) is 2.94. The van der Waals surface area contributed by atoms with Gasteiger partial charge in [-0.25, -0.2) is 19.6 Å². The molecule has 3 aromatic rings. The first-order chi connectivity index (χ1) is 10.0. The molecule has 7 nitrogen and oxygen atoms in total. The Labute approximate surface area is 126 Å². The quantitative estimate of drug-likeness (QED) is 0.735. The number of tetrazole rings is 1.